The average molecular weight is 120 g/mol. The van der Waals surface area contributed by atoms with Crippen LogP contribution in [-0.2, 0) is 26.5 Å². The van der Waals surface area contributed by atoms with Crippen molar-refractivity contribution < 1.29 is 26.5 Å². The molecule has 6 heavy (non-hydrogen) atoms. The van der Waals surface area contributed by atoms with Crippen LogP contribution in [0.15, 0.2) is 0 Å². The van der Waals surface area contributed by atoms with E-state index in [0.29, 0.717) is 6.42 Å². The van der Waals surface area contributed by atoms with Gasteiger partial charge >= 0.3 is 0 Å². The third kappa shape index (κ3) is 8.83. The Bertz CT molecular complexity index is 28.7. The summed E-state index contributed by atoms with van der Waals surface area (Å²) in [4.78, 5) is 9.40. The van der Waals surface area contributed by atoms with Crippen molar-refractivity contribution in [3.63, 3.8) is 0 Å². The molecule has 0 N–H and O–H groups in total. The molecular formula is C4H8OTi. The van der Waals surface area contributed by atoms with E-state index in [1.165, 1.54) is 0 Å². The Balaban J connectivity index is 0. The molecule has 0 aromatic rings. The zero-order valence-corrected chi connectivity index (χ0v) is 5.46. The SMILES string of the molecule is CCCC=O.[Ti]. The smallest absolute Gasteiger partial charge is 0.119 e. The summed E-state index contributed by atoms with van der Waals surface area (Å²) < 4.78 is 0. The van der Waals surface area contributed by atoms with Gasteiger partial charge in [0.25, 0.3) is 0 Å². The normalized spacial score (nSPS) is 6.17. The molecule has 0 aromatic heterocycles. The van der Waals surface area contributed by atoms with Crippen molar-refractivity contribution in [1.82, 2.24) is 0 Å². The summed E-state index contributed by atoms with van der Waals surface area (Å²) in [7, 11) is 0. The van der Waals surface area contributed by atoms with Gasteiger partial charge in [0, 0.05) is 28.1 Å². The number of carbonyl (C=O) groups is 1. The fourth-order valence-corrected chi connectivity index (χ4v) is 0.118. The molecule has 0 spiro atoms. The van der Waals surface area contributed by atoms with Crippen LogP contribution in [0.2, 0.25) is 0 Å². The van der Waals surface area contributed by atoms with Crippen molar-refractivity contribution >= 4 is 6.29 Å². The maximum absolute atomic E-state index is 9.40. The largest absolute Gasteiger partial charge is 0.303 e. The molecule has 0 aromatic carbocycles. The van der Waals surface area contributed by atoms with Gasteiger partial charge in [-0.1, -0.05) is 6.92 Å². The maximum atomic E-state index is 9.40. The summed E-state index contributed by atoms with van der Waals surface area (Å²) in [5, 5.41) is 0. The first-order valence-corrected chi connectivity index (χ1v) is 1.85. The van der Waals surface area contributed by atoms with Gasteiger partial charge < -0.3 is 4.79 Å². The summed E-state index contributed by atoms with van der Waals surface area (Å²) in [6.45, 7) is 1.98. The van der Waals surface area contributed by atoms with Gasteiger partial charge in [-0.25, -0.2) is 0 Å². The molecule has 0 amide bonds. The Labute approximate surface area is 53.0 Å². The van der Waals surface area contributed by atoms with Crippen LogP contribution in [0.25, 0.3) is 0 Å². The standard InChI is InChI=1S/C4H8O.Ti/c1-2-3-4-5;/h4H,2-3H2,1H3;. The Kier molecular flexibility index (Phi) is 14.5. The maximum Gasteiger partial charge on any atom is 0.119 e. The first-order chi connectivity index (χ1) is 2.41. The van der Waals surface area contributed by atoms with E-state index in [1.54, 1.807) is 0 Å². The van der Waals surface area contributed by atoms with Crippen LogP contribution in [0.5, 0.6) is 0 Å². The molecule has 0 aliphatic rings. The van der Waals surface area contributed by atoms with Crippen LogP contribution >= 0.6 is 0 Å². The molecule has 0 unspecified atom stereocenters. The van der Waals surface area contributed by atoms with Gasteiger partial charge in [0.15, 0.2) is 0 Å². The molecule has 0 aliphatic heterocycles. The summed E-state index contributed by atoms with van der Waals surface area (Å²) >= 11 is 0. The van der Waals surface area contributed by atoms with Crippen LogP contribution in [0.4, 0.5) is 0 Å². The number of aldehydes is 1. The van der Waals surface area contributed by atoms with Crippen LogP contribution < -0.4 is 0 Å². The zero-order chi connectivity index (χ0) is 4.12. The molecule has 0 aliphatic carbocycles. The second-order valence-corrected chi connectivity index (χ2v) is 0.955. The van der Waals surface area contributed by atoms with Gasteiger partial charge in [0.2, 0.25) is 0 Å². The molecule has 0 rings (SSSR count). The third-order valence-corrected chi connectivity index (χ3v) is 0.407. The van der Waals surface area contributed by atoms with E-state index in [4.69, 9.17) is 0 Å². The average Bonchev–Trinajstić information content (AvgIpc) is 1.41. The van der Waals surface area contributed by atoms with Crippen LogP contribution in [0.3, 0.4) is 0 Å². The number of rotatable bonds is 2. The van der Waals surface area contributed by atoms with Gasteiger partial charge in [-0.15, -0.1) is 0 Å². The van der Waals surface area contributed by atoms with E-state index < -0.39 is 0 Å². The van der Waals surface area contributed by atoms with Crippen LogP contribution in [-0.4, -0.2) is 6.29 Å². The Morgan fingerprint density at radius 2 is 2.17 bits per heavy atom. The fraction of sp³-hybridized carbons (Fsp3) is 0.750. The molecule has 0 saturated heterocycles. The number of hydrogen-bond donors (Lipinski definition) is 0. The zero-order valence-electron chi connectivity index (χ0n) is 3.90. The van der Waals surface area contributed by atoms with E-state index >= 15 is 0 Å². The van der Waals surface area contributed by atoms with Gasteiger partial charge in [0.05, 0.1) is 0 Å². The second-order valence-electron chi connectivity index (χ2n) is 0.955. The van der Waals surface area contributed by atoms with Crippen molar-refractivity contribution in [3.05, 3.63) is 0 Å². The molecular weight excluding hydrogens is 112 g/mol. The van der Waals surface area contributed by atoms with Gasteiger partial charge in [-0.2, -0.15) is 0 Å². The summed E-state index contributed by atoms with van der Waals surface area (Å²) in [6, 6.07) is 0. The van der Waals surface area contributed by atoms with Crippen LogP contribution in [0.1, 0.15) is 19.8 Å². The van der Waals surface area contributed by atoms with E-state index in [9.17, 15) is 4.79 Å². The Morgan fingerprint density at radius 3 is 2.17 bits per heavy atom. The molecule has 34 valence electrons. The van der Waals surface area contributed by atoms with Crippen molar-refractivity contribution in [2.45, 2.75) is 19.8 Å². The first-order valence-electron chi connectivity index (χ1n) is 1.85. The minimum atomic E-state index is 0. The minimum absolute atomic E-state index is 0. The van der Waals surface area contributed by atoms with Crippen molar-refractivity contribution in [1.29, 1.82) is 0 Å². The van der Waals surface area contributed by atoms with E-state index in [1.807, 2.05) is 6.92 Å². The van der Waals surface area contributed by atoms with Crippen LogP contribution in [0, 0.1) is 0 Å². The summed E-state index contributed by atoms with van der Waals surface area (Å²) in [6.07, 6.45) is 2.61. The van der Waals surface area contributed by atoms with Crippen molar-refractivity contribution in [3.8, 4) is 0 Å². The molecule has 0 heterocycles. The quantitative estimate of drug-likeness (QED) is 0.392. The van der Waals surface area contributed by atoms with Crippen molar-refractivity contribution in [2.75, 3.05) is 0 Å². The topological polar surface area (TPSA) is 17.1 Å². The van der Waals surface area contributed by atoms with E-state index in [2.05, 4.69) is 0 Å². The molecule has 0 saturated carbocycles. The minimum Gasteiger partial charge on any atom is -0.303 e. The number of hydrogen-bond acceptors (Lipinski definition) is 1. The second kappa shape index (κ2) is 9.04. The molecule has 0 fully saturated rings. The van der Waals surface area contributed by atoms with Gasteiger partial charge in [-0.3, -0.25) is 0 Å². The third-order valence-electron chi connectivity index (χ3n) is 0.407. The summed E-state index contributed by atoms with van der Waals surface area (Å²) in [5.41, 5.74) is 0. The van der Waals surface area contributed by atoms with Crippen molar-refractivity contribution in [2.24, 2.45) is 0 Å². The fourth-order valence-electron chi connectivity index (χ4n) is 0.118. The van der Waals surface area contributed by atoms with E-state index in [-0.39, 0.29) is 21.7 Å². The number of unbranched alkanes of at least 4 members (excludes halogenated alkanes) is 1. The van der Waals surface area contributed by atoms with E-state index in [0.717, 1.165) is 12.7 Å². The molecule has 1 nitrogen and oxygen atoms in total. The van der Waals surface area contributed by atoms with Gasteiger partial charge in [-0.05, 0) is 6.42 Å². The first kappa shape index (κ1) is 9.63. The number of carbonyl (C=O) groups excluding carboxylic acids is 1. The molecule has 2 heteroatoms. The Morgan fingerprint density at radius 1 is 1.67 bits per heavy atom. The Hall–Kier alpha value is 0.384. The molecule has 0 atom stereocenters. The van der Waals surface area contributed by atoms with Gasteiger partial charge in [0.1, 0.15) is 6.29 Å². The predicted octanol–water partition coefficient (Wildman–Crippen LogP) is 0.983. The monoisotopic (exact) mass is 120 g/mol. The molecule has 0 radical (unpaired) electrons. The molecule has 0 bridgehead atoms. The summed E-state index contributed by atoms with van der Waals surface area (Å²) in [5.74, 6) is 0. The predicted molar refractivity (Wildman–Crippen MR) is 21.0 cm³/mol.